The molecule has 0 aliphatic rings. The molecule has 0 radical (unpaired) electrons. The Morgan fingerprint density at radius 1 is 0.818 bits per heavy atom. The molecular formula is C24H15F5N2O2. The Bertz CT molecular complexity index is 1370. The van der Waals surface area contributed by atoms with Crippen LogP contribution >= 0.6 is 0 Å². The standard InChI is InChI=1S/C24H15F5N2O2/c1-12(32)30-19-11-15(13-2-6-16(25)7-3-13)10-18-20(23(33)24(27,28)29)21(31-22(18)19)14-4-8-17(26)9-5-14/h2-11,31H,1H3,(H,30,32). The van der Waals surface area contributed by atoms with Crippen molar-refractivity contribution in [2.75, 3.05) is 5.32 Å². The number of H-pyrrole nitrogens is 1. The number of anilines is 1. The van der Waals surface area contributed by atoms with E-state index in [1.165, 1.54) is 55.5 Å². The molecule has 0 aliphatic carbocycles. The summed E-state index contributed by atoms with van der Waals surface area (Å²) < 4.78 is 67.4. The number of ketones is 1. The number of amides is 1. The summed E-state index contributed by atoms with van der Waals surface area (Å²) in [5.74, 6) is -3.70. The average molecular weight is 458 g/mol. The van der Waals surface area contributed by atoms with Gasteiger partial charge in [-0.15, -0.1) is 0 Å². The maximum Gasteiger partial charge on any atom is 0.454 e. The van der Waals surface area contributed by atoms with E-state index in [2.05, 4.69) is 10.3 Å². The van der Waals surface area contributed by atoms with Crippen LogP contribution in [0.5, 0.6) is 0 Å². The molecule has 0 bridgehead atoms. The fourth-order valence-electron chi connectivity index (χ4n) is 3.60. The van der Waals surface area contributed by atoms with Crippen LogP contribution in [0.15, 0.2) is 60.7 Å². The first-order valence-corrected chi connectivity index (χ1v) is 9.65. The minimum absolute atomic E-state index is 0.0861. The minimum Gasteiger partial charge on any atom is -0.352 e. The minimum atomic E-state index is -5.19. The first-order valence-electron chi connectivity index (χ1n) is 9.65. The van der Waals surface area contributed by atoms with Gasteiger partial charge in [0.25, 0.3) is 5.78 Å². The largest absolute Gasteiger partial charge is 0.454 e. The van der Waals surface area contributed by atoms with Crippen molar-refractivity contribution in [1.82, 2.24) is 4.98 Å². The average Bonchev–Trinajstić information content (AvgIpc) is 3.12. The molecule has 1 heterocycles. The predicted molar refractivity (Wildman–Crippen MR) is 114 cm³/mol. The van der Waals surface area contributed by atoms with Crippen molar-refractivity contribution in [2.45, 2.75) is 13.1 Å². The van der Waals surface area contributed by atoms with Gasteiger partial charge in [0.05, 0.1) is 22.5 Å². The third kappa shape index (κ3) is 4.34. The third-order valence-corrected chi connectivity index (χ3v) is 5.01. The van der Waals surface area contributed by atoms with Gasteiger partial charge in [-0.3, -0.25) is 9.59 Å². The molecule has 168 valence electrons. The van der Waals surface area contributed by atoms with Crippen LogP contribution in [-0.2, 0) is 4.79 Å². The van der Waals surface area contributed by atoms with E-state index in [0.717, 1.165) is 12.1 Å². The molecule has 1 aromatic heterocycles. The van der Waals surface area contributed by atoms with E-state index in [1.54, 1.807) is 0 Å². The lowest BCUT2D eigenvalue weighted by Gasteiger charge is -2.10. The number of halogens is 5. The molecule has 0 saturated carbocycles. The number of aromatic nitrogens is 1. The number of hydrogen-bond acceptors (Lipinski definition) is 2. The zero-order valence-corrected chi connectivity index (χ0v) is 17.0. The number of carbonyl (C=O) groups is 2. The van der Waals surface area contributed by atoms with Gasteiger partial charge in [0.1, 0.15) is 11.6 Å². The molecular weight excluding hydrogens is 443 g/mol. The Hall–Kier alpha value is -4.01. The van der Waals surface area contributed by atoms with Crippen LogP contribution in [0, 0.1) is 11.6 Å². The normalized spacial score (nSPS) is 11.6. The van der Waals surface area contributed by atoms with Crippen molar-refractivity contribution < 1.29 is 31.5 Å². The van der Waals surface area contributed by atoms with Gasteiger partial charge >= 0.3 is 6.18 Å². The van der Waals surface area contributed by atoms with Crippen molar-refractivity contribution in [2.24, 2.45) is 0 Å². The molecule has 3 aromatic carbocycles. The van der Waals surface area contributed by atoms with E-state index in [0.29, 0.717) is 11.1 Å². The Labute approximate surface area is 184 Å². The third-order valence-electron chi connectivity index (χ3n) is 5.01. The van der Waals surface area contributed by atoms with Gasteiger partial charge in [0.2, 0.25) is 5.91 Å². The number of carbonyl (C=O) groups excluding carboxylic acids is 2. The lowest BCUT2D eigenvalue weighted by Crippen LogP contribution is -2.23. The highest BCUT2D eigenvalue weighted by Crippen LogP contribution is 2.40. The summed E-state index contributed by atoms with van der Waals surface area (Å²) in [5, 5.41) is 2.46. The lowest BCUT2D eigenvalue weighted by atomic mass is 9.97. The van der Waals surface area contributed by atoms with Crippen LogP contribution in [0.3, 0.4) is 0 Å². The molecule has 4 nitrogen and oxygen atoms in total. The molecule has 9 heteroatoms. The van der Waals surface area contributed by atoms with Crippen LogP contribution in [0.1, 0.15) is 17.3 Å². The van der Waals surface area contributed by atoms with E-state index < -0.39 is 35.1 Å². The number of benzene rings is 3. The summed E-state index contributed by atoms with van der Waals surface area (Å²) in [4.78, 5) is 27.0. The second-order valence-electron chi connectivity index (χ2n) is 7.34. The highest BCUT2D eigenvalue weighted by atomic mass is 19.4. The Morgan fingerprint density at radius 2 is 1.36 bits per heavy atom. The molecule has 0 atom stereocenters. The second-order valence-corrected chi connectivity index (χ2v) is 7.34. The number of alkyl halides is 3. The number of Topliss-reactive ketones (excluding diaryl/α,β-unsaturated/α-hetero) is 1. The van der Waals surface area contributed by atoms with Crippen LogP contribution in [0.4, 0.5) is 27.6 Å². The molecule has 0 spiro atoms. The number of fused-ring (bicyclic) bond motifs is 1. The molecule has 0 aliphatic heterocycles. The Kier molecular flexibility index (Phi) is 5.49. The molecule has 4 rings (SSSR count). The van der Waals surface area contributed by atoms with Crippen molar-refractivity contribution in [3.63, 3.8) is 0 Å². The van der Waals surface area contributed by atoms with Gasteiger partial charge in [0, 0.05) is 12.3 Å². The van der Waals surface area contributed by atoms with Gasteiger partial charge in [-0.25, -0.2) is 8.78 Å². The highest BCUT2D eigenvalue weighted by Gasteiger charge is 2.42. The van der Waals surface area contributed by atoms with Crippen molar-refractivity contribution >= 4 is 28.3 Å². The molecule has 0 unspecified atom stereocenters. The SMILES string of the molecule is CC(=O)Nc1cc(-c2ccc(F)cc2)cc2c(C(=O)C(F)(F)F)c(-c3ccc(F)cc3)[nH]c12. The van der Waals surface area contributed by atoms with Crippen LogP contribution in [0.2, 0.25) is 0 Å². The fourth-order valence-corrected chi connectivity index (χ4v) is 3.60. The first-order chi connectivity index (χ1) is 15.5. The van der Waals surface area contributed by atoms with E-state index in [4.69, 9.17) is 0 Å². The molecule has 33 heavy (non-hydrogen) atoms. The van der Waals surface area contributed by atoms with Crippen LogP contribution in [-0.4, -0.2) is 22.9 Å². The molecule has 2 N–H and O–H groups in total. The summed E-state index contributed by atoms with van der Waals surface area (Å²) in [6.07, 6.45) is -5.19. The fraction of sp³-hybridized carbons (Fsp3) is 0.0833. The molecule has 4 aromatic rings. The number of nitrogens with one attached hydrogen (secondary N) is 2. The van der Waals surface area contributed by atoms with E-state index >= 15 is 0 Å². The molecule has 0 fully saturated rings. The second kappa shape index (κ2) is 8.16. The van der Waals surface area contributed by atoms with E-state index in [-0.39, 0.29) is 27.8 Å². The Morgan fingerprint density at radius 3 is 1.88 bits per heavy atom. The van der Waals surface area contributed by atoms with Gasteiger partial charge in [0.15, 0.2) is 0 Å². The van der Waals surface area contributed by atoms with Crippen molar-refractivity contribution in [3.05, 3.63) is 77.9 Å². The van der Waals surface area contributed by atoms with Crippen LogP contribution < -0.4 is 5.32 Å². The number of aromatic amines is 1. The monoisotopic (exact) mass is 458 g/mol. The van der Waals surface area contributed by atoms with E-state index in [9.17, 15) is 31.5 Å². The number of rotatable bonds is 4. The van der Waals surface area contributed by atoms with Crippen molar-refractivity contribution in [3.8, 4) is 22.4 Å². The van der Waals surface area contributed by atoms with Gasteiger partial charge < -0.3 is 10.3 Å². The Balaban J connectivity index is 2.07. The van der Waals surface area contributed by atoms with Gasteiger partial charge in [-0.2, -0.15) is 13.2 Å². The summed E-state index contributed by atoms with van der Waals surface area (Å²) in [6, 6.07) is 12.7. The lowest BCUT2D eigenvalue weighted by molar-refractivity contribution is -0.114. The predicted octanol–water partition coefficient (Wildman–Crippen LogP) is 6.48. The topological polar surface area (TPSA) is 62.0 Å². The maximum atomic E-state index is 13.5. The summed E-state index contributed by atoms with van der Waals surface area (Å²) in [7, 11) is 0. The highest BCUT2D eigenvalue weighted by molar-refractivity contribution is 6.18. The zero-order chi connectivity index (χ0) is 23.9. The van der Waals surface area contributed by atoms with E-state index in [1.807, 2.05) is 0 Å². The molecule has 0 saturated heterocycles. The van der Waals surface area contributed by atoms with Crippen LogP contribution in [0.25, 0.3) is 33.3 Å². The maximum absolute atomic E-state index is 13.5. The summed E-state index contributed by atoms with van der Waals surface area (Å²) in [5.41, 5.74) is 0.339. The summed E-state index contributed by atoms with van der Waals surface area (Å²) in [6.45, 7) is 1.22. The summed E-state index contributed by atoms with van der Waals surface area (Å²) >= 11 is 0. The first kappa shape index (κ1) is 22.2. The van der Waals surface area contributed by atoms with Crippen molar-refractivity contribution in [1.29, 1.82) is 0 Å². The van der Waals surface area contributed by atoms with Gasteiger partial charge in [-0.05, 0) is 65.2 Å². The number of hydrogen-bond donors (Lipinski definition) is 2. The zero-order valence-electron chi connectivity index (χ0n) is 17.0. The smallest absolute Gasteiger partial charge is 0.352 e. The quantitative estimate of drug-likeness (QED) is 0.272. The molecule has 1 amide bonds. The van der Waals surface area contributed by atoms with Gasteiger partial charge in [-0.1, -0.05) is 12.1 Å².